The van der Waals surface area contributed by atoms with E-state index in [1.54, 1.807) is 0 Å². The molecule has 4 heteroatoms. The smallest absolute Gasteiger partial charge is 0.193 e. The first-order chi connectivity index (χ1) is 9.00. The summed E-state index contributed by atoms with van der Waals surface area (Å²) in [6.45, 7) is 7.40. The fraction of sp³-hybridized carbons (Fsp3) is 0.933. The molecule has 0 aromatic rings. The van der Waals surface area contributed by atoms with Crippen LogP contribution >= 0.6 is 0 Å². The third kappa shape index (κ3) is 3.41. The fourth-order valence-electron chi connectivity index (χ4n) is 3.28. The summed E-state index contributed by atoms with van der Waals surface area (Å²) in [5, 5.41) is 13.8. The molecule has 1 saturated heterocycles. The first-order valence-corrected chi connectivity index (χ1v) is 7.68. The van der Waals surface area contributed by atoms with Crippen LogP contribution in [-0.4, -0.2) is 48.2 Å². The minimum absolute atomic E-state index is 0.419. The zero-order valence-corrected chi connectivity index (χ0v) is 12.7. The Morgan fingerprint density at radius 1 is 1.32 bits per heavy atom. The van der Waals surface area contributed by atoms with Crippen molar-refractivity contribution < 1.29 is 5.11 Å². The molecule has 2 rings (SSSR count). The summed E-state index contributed by atoms with van der Waals surface area (Å²) in [5.41, 5.74) is -0.0917. The number of likely N-dealkylation sites (tertiary alicyclic amines) is 1. The molecular formula is C15H29N3O. The molecular weight excluding hydrogens is 238 g/mol. The fourth-order valence-corrected chi connectivity index (χ4v) is 3.28. The van der Waals surface area contributed by atoms with Gasteiger partial charge in [-0.3, -0.25) is 4.99 Å². The second kappa shape index (κ2) is 5.70. The quantitative estimate of drug-likeness (QED) is 0.607. The number of hydrogen-bond donors (Lipinski definition) is 2. The van der Waals surface area contributed by atoms with E-state index in [0.717, 1.165) is 44.7 Å². The van der Waals surface area contributed by atoms with Crippen molar-refractivity contribution in [3.8, 4) is 0 Å². The van der Waals surface area contributed by atoms with Crippen molar-refractivity contribution in [2.45, 2.75) is 58.0 Å². The van der Waals surface area contributed by atoms with Gasteiger partial charge < -0.3 is 15.3 Å². The lowest BCUT2D eigenvalue weighted by molar-refractivity contribution is 0.0516. The molecule has 1 saturated carbocycles. The summed E-state index contributed by atoms with van der Waals surface area (Å²) in [4.78, 5) is 6.72. The number of nitrogens with one attached hydrogen (secondary N) is 1. The monoisotopic (exact) mass is 267 g/mol. The standard InChI is InChI=1S/C15H29N3O/c1-4-14(2)9-10-18(12-14)13(16-3)17-11-15(19)7-5-6-8-15/h19H,4-12H2,1-3H3,(H,16,17). The van der Waals surface area contributed by atoms with Crippen molar-refractivity contribution in [3.63, 3.8) is 0 Å². The van der Waals surface area contributed by atoms with E-state index >= 15 is 0 Å². The molecule has 0 aromatic carbocycles. The lowest BCUT2D eigenvalue weighted by atomic mass is 9.87. The Bertz CT molecular complexity index is 336. The predicted octanol–water partition coefficient (Wildman–Crippen LogP) is 1.99. The number of hydrogen-bond acceptors (Lipinski definition) is 2. The Morgan fingerprint density at radius 3 is 2.53 bits per heavy atom. The van der Waals surface area contributed by atoms with Gasteiger partial charge in [-0.15, -0.1) is 0 Å². The van der Waals surface area contributed by atoms with Crippen LogP contribution in [0.3, 0.4) is 0 Å². The second-order valence-corrected chi connectivity index (χ2v) is 6.67. The molecule has 4 nitrogen and oxygen atoms in total. The summed E-state index contributed by atoms with van der Waals surface area (Å²) >= 11 is 0. The van der Waals surface area contributed by atoms with Gasteiger partial charge in [-0.25, -0.2) is 0 Å². The van der Waals surface area contributed by atoms with E-state index in [4.69, 9.17) is 0 Å². The summed E-state index contributed by atoms with van der Waals surface area (Å²) < 4.78 is 0. The van der Waals surface area contributed by atoms with E-state index in [9.17, 15) is 5.11 Å². The van der Waals surface area contributed by atoms with E-state index in [1.165, 1.54) is 12.8 Å². The molecule has 1 aliphatic carbocycles. The maximum absolute atomic E-state index is 10.4. The van der Waals surface area contributed by atoms with Crippen molar-refractivity contribution in [2.75, 3.05) is 26.7 Å². The van der Waals surface area contributed by atoms with Crippen LogP contribution in [-0.2, 0) is 0 Å². The molecule has 1 heterocycles. The van der Waals surface area contributed by atoms with Crippen molar-refractivity contribution in [2.24, 2.45) is 10.4 Å². The Balaban J connectivity index is 1.88. The molecule has 0 amide bonds. The first-order valence-electron chi connectivity index (χ1n) is 7.68. The normalized spacial score (nSPS) is 30.9. The van der Waals surface area contributed by atoms with Crippen molar-refractivity contribution in [1.82, 2.24) is 10.2 Å². The molecule has 2 N–H and O–H groups in total. The van der Waals surface area contributed by atoms with Crippen LogP contribution in [0.25, 0.3) is 0 Å². The zero-order valence-electron chi connectivity index (χ0n) is 12.7. The van der Waals surface area contributed by atoms with E-state index in [2.05, 4.69) is 29.1 Å². The lowest BCUT2D eigenvalue weighted by Crippen LogP contribution is -2.47. The van der Waals surface area contributed by atoms with E-state index in [0.29, 0.717) is 12.0 Å². The van der Waals surface area contributed by atoms with E-state index in [-0.39, 0.29) is 0 Å². The number of aliphatic imine (C=N–C) groups is 1. The van der Waals surface area contributed by atoms with Gasteiger partial charge in [0.15, 0.2) is 5.96 Å². The van der Waals surface area contributed by atoms with E-state index < -0.39 is 5.60 Å². The highest BCUT2D eigenvalue weighted by molar-refractivity contribution is 5.80. The largest absolute Gasteiger partial charge is 0.388 e. The number of rotatable bonds is 3. The Hall–Kier alpha value is -0.770. The molecule has 1 unspecified atom stereocenters. The topological polar surface area (TPSA) is 47.9 Å². The molecule has 1 aliphatic heterocycles. The summed E-state index contributed by atoms with van der Waals surface area (Å²) in [6.07, 6.45) is 6.58. The number of aliphatic hydroxyl groups is 1. The van der Waals surface area contributed by atoms with Gasteiger partial charge in [0.25, 0.3) is 0 Å². The molecule has 0 radical (unpaired) electrons. The third-order valence-corrected chi connectivity index (χ3v) is 5.03. The van der Waals surface area contributed by atoms with Crippen LogP contribution in [0.2, 0.25) is 0 Å². The molecule has 0 aromatic heterocycles. The summed E-state index contributed by atoms with van der Waals surface area (Å²) in [6, 6.07) is 0. The average molecular weight is 267 g/mol. The number of guanidine groups is 1. The van der Waals surface area contributed by atoms with Gasteiger partial charge in [0, 0.05) is 26.7 Å². The Kier molecular flexibility index (Phi) is 4.39. The molecule has 110 valence electrons. The zero-order chi connectivity index (χ0) is 13.9. The molecule has 0 bridgehead atoms. The van der Waals surface area contributed by atoms with Gasteiger partial charge in [-0.2, -0.15) is 0 Å². The van der Waals surface area contributed by atoms with Crippen LogP contribution < -0.4 is 5.32 Å². The van der Waals surface area contributed by atoms with E-state index in [1.807, 2.05) is 7.05 Å². The van der Waals surface area contributed by atoms with Gasteiger partial charge in [0.05, 0.1) is 5.60 Å². The third-order valence-electron chi connectivity index (χ3n) is 5.03. The van der Waals surface area contributed by atoms with Crippen LogP contribution in [0.5, 0.6) is 0 Å². The summed E-state index contributed by atoms with van der Waals surface area (Å²) in [7, 11) is 1.84. The maximum atomic E-state index is 10.4. The van der Waals surface area contributed by atoms with Gasteiger partial charge in [-0.1, -0.05) is 26.7 Å². The highest BCUT2D eigenvalue weighted by atomic mass is 16.3. The van der Waals surface area contributed by atoms with Crippen molar-refractivity contribution >= 4 is 5.96 Å². The second-order valence-electron chi connectivity index (χ2n) is 6.67. The molecule has 2 fully saturated rings. The minimum Gasteiger partial charge on any atom is -0.388 e. The summed E-state index contributed by atoms with van der Waals surface area (Å²) in [5.74, 6) is 0.956. The lowest BCUT2D eigenvalue weighted by Gasteiger charge is -2.28. The SMILES string of the molecule is CCC1(C)CCN(C(=NC)NCC2(O)CCCC2)C1. The highest BCUT2D eigenvalue weighted by Crippen LogP contribution is 2.33. The average Bonchev–Trinajstić information content (AvgIpc) is 2.99. The molecule has 19 heavy (non-hydrogen) atoms. The number of nitrogens with zero attached hydrogens (tertiary/aromatic N) is 2. The molecule has 0 spiro atoms. The highest BCUT2D eigenvalue weighted by Gasteiger charge is 2.35. The van der Waals surface area contributed by atoms with Crippen molar-refractivity contribution in [1.29, 1.82) is 0 Å². The van der Waals surface area contributed by atoms with Crippen molar-refractivity contribution in [3.05, 3.63) is 0 Å². The predicted molar refractivity (Wildman–Crippen MR) is 79.4 cm³/mol. The molecule has 2 aliphatic rings. The van der Waals surface area contributed by atoms with Crippen LogP contribution in [0.15, 0.2) is 4.99 Å². The van der Waals surface area contributed by atoms with Gasteiger partial charge in [0.2, 0.25) is 0 Å². The van der Waals surface area contributed by atoms with Gasteiger partial charge in [-0.05, 0) is 31.1 Å². The van der Waals surface area contributed by atoms with Crippen LogP contribution in [0.1, 0.15) is 52.4 Å². The van der Waals surface area contributed by atoms with Gasteiger partial charge >= 0.3 is 0 Å². The first kappa shape index (κ1) is 14.6. The van der Waals surface area contributed by atoms with Gasteiger partial charge in [0.1, 0.15) is 0 Å². The maximum Gasteiger partial charge on any atom is 0.193 e. The molecule has 1 atom stereocenters. The minimum atomic E-state index is -0.510. The van der Waals surface area contributed by atoms with Crippen LogP contribution in [0.4, 0.5) is 0 Å². The Labute approximate surface area is 117 Å². The van der Waals surface area contributed by atoms with Crippen LogP contribution in [0, 0.1) is 5.41 Å². The Morgan fingerprint density at radius 2 is 2.00 bits per heavy atom.